The zero-order valence-corrected chi connectivity index (χ0v) is 17.5. The van der Waals surface area contributed by atoms with Crippen LogP contribution in [0.15, 0.2) is 34.8 Å². The van der Waals surface area contributed by atoms with Crippen LogP contribution in [0.3, 0.4) is 0 Å². The lowest BCUT2D eigenvalue weighted by atomic mass is 9.76. The first kappa shape index (κ1) is 19.0. The van der Waals surface area contributed by atoms with Crippen LogP contribution in [0.2, 0.25) is 0 Å². The van der Waals surface area contributed by atoms with E-state index in [4.69, 9.17) is 9.15 Å². The number of ether oxygens (including phenoxy) is 1. The Morgan fingerprint density at radius 3 is 2.77 bits per heavy atom. The third-order valence-electron chi connectivity index (χ3n) is 6.50. The molecule has 2 amide bonds. The number of carbonyl (C=O) groups excluding carboxylic acids is 2. The van der Waals surface area contributed by atoms with E-state index in [2.05, 4.69) is 10.2 Å². The zero-order valence-electron chi connectivity index (χ0n) is 17.5. The molecule has 2 bridgehead atoms. The Balaban J connectivity index is 1.42. The Kier molecular flexibility index (Phi) is 4.12. The number of hydrogen-bond acceptors (Lipinski definition) is 6. The SMILES string of the molecule is Cc1nnc(CN(C)C(=O)[C@H]2[C@@H]3C=C[C@@]4(CN(c5ccc(C)c(C)c5)C(=O)[C@@H]24)O3)o1. The van der Waals surface area contributed by atoms with Gasteiger partial charge in [-0.3, -0.25) is 9.59 Å². The summed E-state index contributed by atoms with van der Waals surface area (Å²) in [5.74, 6) is -0.493. The predicted octanol–water partition coefficient (Wildman–Crippen LogP) is 1.94. The number of hydrogen-bond donors (Lipinski definition) is 0. The average molecular weight is 408 g/mol. The average Bonchev–Trinajstić information content (AvgIpc) is 3.45. The maximum Gasteiger partial charge on any atom is 0.235 e. The van der Waals surface area contributed by atoms with Crippen molar-refractivity contribution in [3.8, 4) is 0 Å². The van der Waals surface area contributed by atoms with E-state index in [1.165, 1.54) is 10.5 Å². The third kappa shape index (κ3) is 2.70. The number of aromatic nitrogens is 2. The molecule has 0 aliphatic carbocycles. The molecule has 2 aromatic rings. The lowest BCUT2D eigenvalue weighted by Crippen LogP contribution is -2.44. The molecule has 2 saturated heterocycles. The molecule has 1 aromatic heterocycles. The van der Waals surface area contributed by atoms with Crippen molar-refractivity contribution in [1.82, 2.24) is 15.1 Å². The standard InChI is InChI=1S/C22H24N4O4/c1-12-5-6-15(9-13(12)2)26-11-22-8-7-16(30-22)18(19(22)21(26)28)20(27)25(4)10-17-24-23-14(3)29-17/h5-9,16,18-19H,10-11H2,1-4H3/t16-,18-,19+,22-/m0/s1. The number of amides is 2. The highest BCUT2D eigenvalue weighted by atomic mass is 16.5. The number of aryl methyl sites for hydroxylation is 3. The predicted molar refractivity (Wildman–Crippen MR) is 108 cm³/mol. The minimum atomic E-state index is -0.747. The Morgan fingerprint density at radius 1 is 1.27 bits per heavy atom. The third-order valence-corrected chi connectivity index (χ3v) is 6.50. The molecule has 30 heavy (non-hydrogen) atoms. The van der Waals surface area contributed by atoms with Gasteiger partial charge in [-0.25, -0.2) is 0 Å². The summed E-state index contributed by atoms with van der Waals surface area (Å²) >= 11 is 0. The van der Waals surface area contributed by atoms with Crippen LogP contribution >= 0.6 is 0 Å². The number of anilines is 1. The van der Waals surface area contributed by atoms with Gasteiger partial charge in [-0.1, -0.05) is 18.2 Å². The normalized spacial score (nSPS) is 29.0. The zero-order chi connectivity index (χ0) is 21.2. The van der Waals surface area contributed by atoms with Crippen molar-refractivity contribution in [2.75, 3.05) is 18.5 Å². The van der Waals surface area contributed by atoms with Crippen LogP contribution in [0.25, 0.3) is 0 Å². The quantitative estimate of drug-likeness (QED) is 0.719. The van der Waals surface area contributed by atoms with Crippen LogP contribution < -0.4 is 4.90 Å². The van der Waals surface area contributed by atoms with Gasteiger partial charge in [0, 0.05) is 19.7 Å². The molecule has 1 aromatic carbocycles. The number of benzene rings is 1. The molecule has 3 aliphatic rings. The molecule has 5 rings (SSSR count). The molecule has 8 heteroatoms. The van der Waals surface area contributed by atoms with Crippen molar-refractivity contribution < 1.29 is 18.7 Å². The molecule has 4 atom stereocenters. The number of rotatable bonds is 4. The highest BCUT2D eigenvalue weighted by Crippen LogP contribution is 2.53. The molecule has 0 saturated carbocycles. The monoisotopic (exact) mass is 408 g/mol. The lowest BCUT2D eigenvalue weighted by molar-refractivity contribution is -0.139. The van der Waals surface area contributed by atoms with Gasteiger partial charge in [-0.05, 0) is 37.1 Å². The van der Waals surface area contributed by atoms with E-state index in [1.54, 1.807) is 18.9 Å². The molecular formula is C22H24N4O4. The van der Waals surface area contributed by atoms with E-state index >= 15 is 0 Å². The first-order chi connectivity index (χ1) is 14.3. The van der Waals surface area contributed by atoms with Crippen molar-refractivity contribution in [3.63, 3.8) is 0 Å². The lowest BCUT2D eigenvalue weighted by Gasteiger charge is -2.27. The molecule has 4 heterocycles. The van der Waals surface area contributed by atoms with E-state index in [9.17, 15) is 9.59 Å². The van der Waals surface area contributed by atoms with Gasteiger partial charge in [0.25, 0.3) is 0 Å². The number of fused-ring (bicyclic) bond motifs is 1. The highest BCUT2D eigenvalue weighted by molar-refractivity contribution is 6.03. The number of nitrogens with zero attached hydrogens (tertiary/aromatic N) is 4. The van der Waals surface area contributed by atoms with Crippen LogP contribution in [-0.4, -0.2) is 52.2 Å². The van der Waals surface area contributed by atoms with Gasteiger partial charge < -0.3 is 19.0 Å². The first-order valence-corrected chi connectivity index (χ1v) is 10.1. The fourth-order valence-electron chi connectivity index (χ4n) is 4.83. The highest BCUT2D eigenvalue weighted by Gasteiger charge is 2.67. The van der Waals surface area contributed by atoms with E-state index in [-0.39, 0.29) is 24.5 Å². The molecule has 2 fully saturated rings. The minimum Gasteiger partial charge on any atom is -0.424 e. The molecule has 0 N–H and O–H groups in total. The van der Waals surface area contributed by atoms with E-state index in [0.717, 1.165) is 11.3 Å². The van der Waals surface area contributed by atoms with Gasteiger partial charge in [0.15, 0.2) is 0 Å². The maximum atomic E-state index is 13.5. The Bertz CT molecular complexity index is 1080. The molecular weight excluding hydrogens is 384 g/mol. The van der Waals surface area contributed by atoms with Crippen LogP contribution in [0.4, 0.5) is 5.69 Å². The van der Waals surface area contributed by atoms with E-state index < -0.39 is 17.4 Å². The summed E-state index contributed by atoms with van der Waals surface area (Å²) in [6, 6.07) is 5.98. The van der Waals surface area contributed by atoms with Crippen LogP contribution in [-0.2, 0) is 20.9 Å². The van der Waals surface area contributed by atoms with Crippen molar-refractivity contribution >= 4 is 17.5 Å². The molecule has 8 nitrogen and oxygen atoms in total. The topological polar surface area (TPSA) is 88.8 Å². The van der Waals surface area contributed by atoms with Crippen molar-refractivity contribution in [1.29, 1.82) is 0 Å². The summed E-state index contributed by atoms with van der Waals surface area (Å²) < 4.78 is 11.6. The van der Waals surface area contributed by atoms with Crippen LogP contribution in [0.5, 0.6) is 0 Å². The van der Waals surface area contributed by atoms with Gasteiger partial charge in [-0.2, -0.15) is 0 Å². The van der Waals surface area contributed by atoms with Gasteiger partial charge >= 0.3 is 0 Å². The van der Waals surface area contributed by atoms with Crippen molar-refractivity contribution in [2.24, 2.45) is 11.8 Å². The second kappa shape index (κ2) is 6.50. The summed E-state index contributed by atoms with van der Waals surface area (Å²) in [6.45, 7) is 6.39. The van der Waals surface area contributed by atoms with Crippen LogP contribution in [0, 0.1) is 32.6 Å². The summed E-state index contributed by atoms with van der Waals surface area (Å²) in [7, 11) is 1.69. The van der Waals surface area contributed by atoms with Gasteiger partial charge in [0.2, 0.25) is 23.6 Å². The second-order valence-corrected chi connectivity index (χ2v) is 8.50. The van der Waals surface area contributed by atoms with Gasteiger partial charge in [0.1, 0.15) is 5.60 Å². The van der Waals surface area contributed by atoms with Crippen molar-refractivity contribution in [3.05, 3.63) is 53.3 Å². The largest absolute Gasteiger partial charge is 0.424 e. The first-order valence-electron chi connectivity index (χ1n) is 10.1. The van der Waals surface area contributed by atoms with Crippen LogP contribution in [0.1, 0.15) is 22.9 Å². The molecule has 1 spiro atoms. The Labute approximate surface area is 174 Å². The molecule has 156 valence electrons. The minimum absolute atomic E-state index is 0.0644. The Hall–Kier alpha value is -3.00. The van der Waals surface area contributed by atoms with E-state index in [1.807, 2.05) is 44.2 Å². The summed E-state index contributed by atoms with van der Waals surface area (Å²) in [5, 5.41) is 7.76. The maximum absolute atomic E-state index is 13.5. The smallest absolute Gasteiger partial charge is 0.235 e. The fraction of sp³-hybridized carbons (Fsp3) is 0.455. The van der Waals surface area contributed by atoms with Crippen molar-refractivity contribution in [2.45, 2.75) is 39.0 Å². The molecule has 3 aliphatic heterocycles. The summed E-state index contributed by atoms with van der Waals surface area (Å²) in [4.78, 5) is 30.1. The molecule has 0 unspecified atom stereocenters. The number of carbonyl (C=O) groups is 2. The van der Waals surface area contributed by atoms with Gasteiger partial charge in [-0.15, -0.1) is 10.2 Å². The summed E-state index contributed by atoms with van der Waals surface area (Å²) in [5.41, 5.74) is 2.39. The van der Waals surface area contributed by atoms with E-state index in [0.29, 0.717) is 18.3 Å². The molecule has 0 radical (unpaired) electrons. The van der Waals surface area contributed by atoms with Gasteiger partial charge in [0.05, 0.1) is 31.0 Å². The Morgan fingerprint density at radius 2 is 2.07 bits per heavy atom. The fourth-order valence-corrected chi connectivity index (χ4v) is 4.83. The summed E-state index contributed by atoms with van der Waals surface area (Å²) in [6.07, 6.45) is 3.49. The second-order valence-electron chi connectivity index (χ2n) is 8.50.